The van der Waals surface area contributed by atoms with E-state index in [-0.39, 0.29) is 30.5 Å². The number of benzene rings is 2. The minimum absolute atomic E-state index is 0.119. The van der Waals surface area contributed by atoms with E-state index in [2.05, 4.69) is 4.90 Å². The molecule has 3 aliphatic rings. The molecule has 0 N–H and O–H groups in total. The summed E-state index contributed by atoms with van der Waals surface area (Å²) in [6, 6.07) is 10.7. The Hall–Kier alpha value is -3.21. The first-order valence-electron chi connectivity index (χ1n) is 12.2. The van der Waals surface area contributed by atoms with Gasteiger partial charge in [-0.1, -0.05) is 0 Å². The van der Waals surface area contributed by atoms with E-state index in [1.807, 2.05) is 0 Å². The molecule has 3 heterocycles. The number of halogens is 1. The standard InChI is InChI=1S/C26H30FN3O6/c27-21-4-1-19(2-5-21)25(31)29(8-7-28-9-12-33-13-10-28)16-22-17-30(11-14-34-22)26(32)20-3-6-23-24(15-20)36-18-35-23/h1-6,15,22H,7-14,16-18H2. The SMILES string of the molecule is O=C(c1ccc2c(c1)OCO2)N1CCOC(CN(CCN2CCOCC2)C(=O)c2ccc(F)cc2)C1. The highest BCUT2D eigenvalue weighted by atomic mass is 19.1. The van der Waals surface area contributed by atoms with Crippen LogP contribution in [-0.4, -0.2) is 105 Å². The number of carbonyl (C=O) groups is 2. The summed E-state index contributed by atoms with van der Waals surface area (Å²) in [6.45, 7) is 5.84. The molecule has 0 spiro atoms. The lowest BCUT2D eigenvalue weighted by molar-refractivity contribution is -0.0346. The van der Waals surface area contributed by atoms with Gasteiger partial charge in [0.1, 0.15) is 5.82 Å². The lowest BCUT2D eigenvalue weighted by Crippen LogP contribution is -2.52. The smallest absolute Gasteiger partial charge is 0.254 e. The number of nitrogens with zero attached hydrogens (tertiary/aromatic N) is 3. The highest BCUT2D eigenvalue weighted by molar-refractivity contribution is 5.95. The minimum Gasteiger partial charge on any atom is -0.454 e. The maximum Gasteiger partial charge on any atom is 0.254 e. The largest absolute Gasteiger partial charge is 0.454 e. The lowest BCUT2D eigenvalue weighted by Gasteiger charge is -2.37. The third-order valence-corrected chi connectivity index (χ3v) is 6.64. The average molecular weight is 500 g/mol. The van der Waals surface area contributed by atoms with E-state index in [1.54, 1.807) is 28.0 Å². The van der Waals surface area contributed by atoms with E-state index in [0.29, 0.717) is 75.2 Å². The first-order valence-corrected chi connectivity index (χ1v) is 12.2. The van der Waals surface area contributed by atoms with Crippen LogP contribution in [0.15, 0.2) is 42.5 Å². The van der Waals surface area contributed by atoms with Crippen LogP contribution in [0, 0.1) is 5.82 Å². The molecule has 10 heteroatoms. The molecule has 36 heavy (non-hydrogen) atoms. The highest BCUT2D eigenvalue weighted by Crippen LogP contribution is 2.33. The molecule has 0 aromatic heterocycles. The van der Waals surface area contributed by atoms with E-state index >= 15 is 0 Å². The summed E-state index contributed by atoms with van der Waals surface area (Å²) in [5, 5.41) is 0. The second kappa shape index (κ2) is 11.2. The number of amides is 2. The number of ether oxygens (including phenoxy) is 4. The third kappa shape index (κ3) is 5.77. The van der Waals surface area contributed by atoms with Gasteiger partial charge in [0.15, 0.2) is 11.5 Å². The van der Waals surface area contributed by atoms with Gasteiger partial charge in [-0.05, 0) is 42.5 Å². The highest BCUT2D eigenvalue weighted by Gasteiger charge is 2.29. The van der Waals surface area contributed by atoms with Crippen LogP contribution >= 0.6 is 0 Å². The zero-order chi connectivity index (χ0) is 24.9. The molecule has 2 saturated heterocycles. The van der Waals surface area contributed by atoms with E-state index in [0.717, 1.165) is 13.1 Å². The van der Waals surface area contributed by atoms with Crippen molar-refractivity contribution in [2.24, 2.45) is 0 Å². The van der Waals surface area contributed by atoms with Crippen LogP contribution in [0.2, 0.25) is 0 Å². The van der Waals surface area contributed by atoms with Crippen LogP contribution in [0.5, 0.6) is 11.5 Å². The van der Waals surface area contributed by atoms with Gasteiger partial charge in [0.25, 0.3) is 11.8 Å². The Bertz CT molecular complexity index is 1080. The Morgan fingerprint density at radius 2 is 1.69 bits per heavy atom. The molecular weight excluding hydrogens is 469 g/mol. The van der Waals surface area contributed by atoms with E-state index in [9.17, 15) is 14.0 Å². The predicted octanol–water partition coefficient (Wildman–Crippen LogP) is 1.87. The normalized spacial score (nSPS) is 19.8. The summed E-state index contributed by atoms with van der Waals surface area (Å²) in [5.41, 5.74) is 0.939. The molecule has 0 bridgehead atoms. The summed E-state index contributed by atoms with van der Waals surface area (Å²) in [4.78, 5) is 32.3. The number of hydrogen-bond acceptors (Lipinski definition) is 7. The molecule has 1 atom stereocenters. The van der Waals surface area contributed by atoms with Gasteiger partial charge in [-0.3, -0.25) is 14.5 Å². The van der Waals surface area contributed by atoms with E-state index in [1.165, 1.54) is 24.3 Å². The predicted molar refractivity (Wildman–Crippen MR) is 128 cm³/mol. The monoisotopic (exact) mass is 499 g/mol. The minimum atomic E-state index is -0.389. The average Bonchev–Trinajstić information content (AvgIpc) is 3.39. The molecular formula is C26H30FN3O6. The Morgan fingerprint density at radius 3 is 2.50 bits per heavy atom. The molecule has 1 unspecified atom stereocenters. The molecule has 2 fully saturated rings. The Labute approximate surface area is 209 Å². The molecule has 0 radical (unpaired) electrons. The molecule has 3 aliphatic heterocycles. The van der Waals surface area contributed by atoms with Crippen LogP contribution in [0.25, 0.3) is 0 Å². The van der Waals surface area contributed by atoms with Gasteiger partial charge in [-0.15, -0.1) is 0 Å². The summed E-state index contributed by atoms with van der Waals surface area (Å²) >= 11 is 0. The van der Waals surface area contributed by atoms with Gasteiger partial charge >= 0.3 is 0 Å². The van der Waals surface area contributed by atoms with Gasteiger partial charge in [0.05, 0.1) is 25.9 Å². The van der Waals surface area contributed by atoms with Crippen molar-refractivity contribution in [2.45, 2.75) is 6.10 Å². The van der Waals surface area contributed by atoms with Crippen molar-refractivity contribution < 1.29 is 32.9 Å². The van der Waals surface area contributed by atoms with Crippen molar-refractivity contribution >= 4 is 11.8 Å². The van der Waals surface area contributed by atoms with Crippen molar-refractivity contribution in [3.63, 3.8) is 0 Å². The van der Waals surface area contributed by atoms with E-state index < -0.39 is 0 Å². The van der Waals surface area contributed by atoms with Crippen molar-refractivity contribution in [1.82, 2.24) is 14.7 Å². The first kappa shape index (κ1) is 24.5. The van der Waals surface area contributed by atoms with Crippen LogP contribution in [0.1, 0.15) is 20.7 Å². The van der Waals surface area contributed by atoms with Gasteiger partial charge in [0.2, 0.25) is 6.79 Å². The van der Waals surface area contributed by atoms with Crippen molar-refractivity contribution in [1.29, 1.82) is 0 Å². The second-order valence-electron chi connectivity index (χ2n) is 9.02. The molecule has 2 amide bonds. The van der Waals surface area contributed by atoms with Gasteiger partial charge < -0.3 is 28.7 Å². The fourth-order valence-electron chi connectivity index (χ4n) is 4.61. The maximum absolute atomic E-state index is 13.4. The van der Waals surface area contributed by atoms with Crippen molar-refractivity contribution in [3.05, 3.63) is 59.4 Å². The number of hydrogen-bond donors (Lipinski definition) is 0. The van der Waals surface area contributed by atoms with Gasteiger partial charge in [0, 0.05) is 56.9 Å². The van der Waals surface area contributed by atoms with Crippen LogP contribution in [0.3, 0.4) is 0 Å². The quantitative estimate of drug-likeness (QED) is 0.576. The maximum atomic E-state index is 13.4. The number of carbonyl (C=O) groups excluding carboxylic acids is 2. The van der Waals surface area contributed by atoms with Crippen molar-refractivity contribution in [2.75, 3.05) is 72.4 Å². The van der Waals surface area contributed by atoms with Crippen molar-refractivity contribution in [3.8, 4) is 11.5 Å². The second-order valence-corrected chi connectivity index (χ2v) is 9.02. The van der Waals surface area contributed by atoms with Crippen LogP contribution in [-0.2, 0) is 9.47 Å². The topological polar surface area (TPSA) is 80.8 Å². The Balaban J connectivity index is 1.26. The number of morpholine rings is 2. The van der Waals surface area contributed by atoms with E-state index in [4.69, 9.17) is 18.9 Å². The fourth-order valence-corrected chi connectivity index (χ4v) is 4.61. The van der Waals surface area contributed by atoms with Gasteiger partial charge in [-0.2, -0.15) is 0 Å². The lowest BCUT2D eigenvalue weighted by atomic mass is 10.1. The Morgan fingerprint density at radius 1 is 0.944 bits per heavy atom. The zero-order valence-electron chi connectivity index (χ0n) is 20.1. The molecule has 0 saturated carbocycles. The molecule has 0 aliphatic carbocycles. The summed E-state index contributed by atoms with van der Waals surface area (Å²) in [7, 11) is 0. The van der Waals surface area contributed by atoms with Crippen LogP contribution < -0.4 is 9.47 Å². The summed E-state index contributed by atoms with van der Waals surface area (Å²) in [5.74, 6) is 0.489. The van der Waals surface area contributed by atoms with Crippen LogP contribution in [0.4, 0.5) is 4.39 Å². The number of rotatable bonds is 7. The fraction of sp³-hybridized carbons (Fsp3) is 0.462. The number of fused-ring (bicyclic) bond motifs is 1. The first-order chi connectivity index (χ1) is 17.6. The zero-order valence-corrected chi connectivity index (χ0v) is 20.1. The molecule has 2 aromatic rings. The summed E-state index contributed by atoms with van der Waals surface area (Å²) in [6.07, 6.45) is -0.342. The third-order valence-electron chi connectivity index (χ3n) is 6.64. The summed E-state index contributed by atoms with van der Waals surface area (Å²) < 4.78 is 35.6. The molecule has 9 nitrogen and oxygen atoms in total. The van der Waals surface area contributed by atoms with Gasteiger partial charge in [-0.25, -0.2) is 4.39 Å². The molecule has 5 rings (SSSR count). The molecule has 192 valence electrons. The molecule has 2 aromatic carbocycles. The Kier molecular flexibility index (Phi) is 7.64.